The molecule has 0 saturated heterocycles. The van der Waals surface area contributed by atoms with Crippen molar-refractivity contribution in [3.63, 3.8) is 0 Å². The molecule has 36 heavy (non-hydrogen) atoms. The standard InChI is InChI=1S/C26H23BrCl2N2O5/c1-16-21(14-13-19(27)26(16)29)31-24(33)15-35-25(34)8-4-7-23(32)30-17-9-11-18(12-10-17)36-22-6-3-2-5-20(22)28/h2-3,5-6,9-14H,4,7-8,15H2,1H3,(H,30,32)(H,31,33). The maximum Gasteiger partial charge on any atom is 0.306 e. The van der Waals surface area contributed by atoms with Gasteiger partial charge in [-0.2, -0.15) is 0 Å². The van der Waals surface area contributed by atoms with Crippen LogP contribution in [0.3, 0.4) is 0 Å². The zero-order chi connectivity index (χ0) is 26.1. The Kier molecular flexibility index (Phi) is 10.2. The smallest absolute Gasteiger partial charge is 0.306 e. The van der Waals surface area contributed by atoms with Crippen LogP contribution in [-0.4, -0.2) is 24.4 Å². The number of hydrogen-bond donors (Lipinski definition) is 2. The van der Waals surface area contributed by atoms with Gasteiger partial charge in [-0.25, -0.2) is 0 Å². The molecule has 0 aromatic heterocycles. The first-order valence-corrected chi connectivity index (χ1v) is 12.5. The molecule has 0 atom stereocenters. The minimum Gasteiger partial charge on any atom is -0.456 e. The van der Waals surface area contributed by atoms with Crippen LogP contribution in [0.5, 0.6) is 11.5 Å². The summed E-state index contributed by atoms with van der Waals surface area (Å²) in [6.45, 7) is 1.34. The van der Waals surface area contributed by atoms with Gasteiger partial charge in [0, 0.05) is 28.7 Å². The van der Waals surface area contributed by atoms with E-state index in [2.05, 4.69) is 26.6 Å². The van der Waals surface area contributed by atoms with Gasteiger partial charge >= 0.3 is 5.97 Å². The van der Waals surface area contributed by atoms with Crippen LogP contribution >= 0.6 is 39.1 Å². The van der Waals surface area contributed by atoms with Crippen LogP contribution in [0, 0.1) is 6.92 Å². The Balaban J connectivity index is 1.35. The average Bonchev–Trinajstić information content (AvgIpc) is 2.86. The van der Waals surface area contributed by atoms with Gasteiger partial charge in [0.2, 0.25) is 5.91 Å². The SMILES string of the molecule is Cc1c(NC(=O)COC(=O)CCCC(=O)Nc2ccc(Oc3ccccc3Cl)cc2)ccc(Br)c1Cl. The molecule has 0 aliphatic heterocycles. The molecule has 10 heteroatoms. The molecule has 188 valence electrons. The summed E-state index contributed by atoms with van der Waals surface area (Å²) in [6.07, 6.45) is 0.408. The third-order valence-corrected chi connectivity index (χ3v) is 6.65. The number of carbonyl (C=O) groups excluding carboxylic acids is 3. The lowest BCUT2D eigenvalue weighted by Gasteiger charge is -2.11. The number of amides is 2. The predicted octanol–water partition coefficient (Wildman–Crippen LogP) is 7.15. The summed E-state index contributed by atoms with van der Waals surface area (Å²) >= 11 is 15.5. The molecule has 3 aromatic rings. The lowest BCUT2D eigenvalue weighted by atomic mass is 10.2. The summed E-state index contributed by atoms with van der Waals surface area (Å²) in [5.74, 6) is -0.184. The zero-order valence-corrected chi connectivity index (χ0v) is 22.4. The average molecular weight is 594 g/mol. The number of rotatable bonds is 10. The Hall–Kier alpha value is -3.07. The first-order valence-electron chi connectivity index (χ1n) is 11.0. The fourth-order valence-electron chi connectivity index (χ4n) is 3.07. The van der Waals surface area contributed by atoms with Gasteiger partial charge < -0.3 is 20.1 Å². The summed E-state index contributed by atoms with van der Waals surface area (Å²) in [6, 6.07) is 17.4. The molecule has 0 fully saturated rings. The molecule has 7 nitrogen and oxygen atoms in total. The predicted molar refractivity (Wildman–Crippen MR) is 144 cm³/mol. The Morgan fingerprint density at radius 1 is 0.889 bits per heavy atom. The van der Waals surface area contributed by atoms with Crippen LogP contribution in [0.15, 0.2) is 65.1 Å². The van der Waals surface area contributed by atoms with E-state index >= 15 is 0 Å². The van der Waals surface area contributed by atoms with Crippen molar-refractivity contribution in [2.45, 2.75) is 26.2 Å². The number of para-hydroxylation sites is 1. The lowest BCUT2D eigenvalue weighted by Crippen LogP contribution is -2.21. The second kappa shape index (κ2) is 13.3. The van der Waals surface area contributed by atoms with E-state index < -0.39 is 18.5 Å². The van der Waals surface area contributed by atoms with E-state index in [1.165, 1.54) is 0 Å². The first-order chi connectivity index (χ1) is 17.2. The quantitative estimate of drug-likeness (QED) is 0.243. The summed E-state index contributed by atoms with van der Waals surface area (Å²) in [7, 11) is 0. The molecule has 0 saturated carbocycles. The highest BCUT2D eigenvalue weighted by Crippen LogP contribution is 2.31. The number of hydrogen-bond acceptors (Lipinski definition) is 5. The molecule has 2 amide bonds. The molecule has 0 unspecified atom stereocenters. The van der Waals surface area contributed by atoms with E-state index in [1.54, 1.807) is 55.5 Å². The third kappa shape index (κ3) is 8.26. The van der Waals surface area contributed by atoms with Crippen LogP contribution in [0.1, 0.15) is 24.8 Å². The number of esters is 1. The van der Waals surface area contributed by atoms with E-state index in [-0.39, 0.29) is 25.2 Å². The summed E-state index contributed by atoms with van der Waals surface area (Å²) < 4.78 is 11.4. The number of nitrogens with one attached hydrogen (secondary N) is 2. The number of anilines is 2. The molecular weight excluding hydrogens is 571 g/mol. The number of carbonyl (C=O) groups is 3. The minimum atomic E-state index is -0.565. The molecule has 0 aliphatic carbocycles. The monoisotopic (exact) mass is 592 g/mol. The summed E-state index contributed by atoms with van der Waals surface area (Å²) in [4.78, 5) is 36.2. The van der Waals surface area contributed by atoms with E-state index in [0.717, 1.165) is 4.47 Å². The largest absolute Gasteiger partial charge is 0.456 e. The van der Waals surface area contributed by atoms with Gasteiger partial charge in [0.1, 0.15) is 11.5 Å². The van der Waals surface area contributed by atoms with Crippen molar-refractivity contribution in [3.8, 4) is 11.5 Å². The molecular formula is C26H23BrCl2N2O5. The zero-order valence-electron chi connectivity index (χ0n) is 19.3. The van der Waals surface area contributed by atoms with Crippen LogP contribution < -0.4 is 15.4 Å². The van der Waals surface area contributed by atoms with Gasteiger partial charge in [-0.15, -0.1) is 0 Å². The van der Waals surface area contributed by atoms with Crippen molar-refractivity contribution >= 4 is 68.3 Å². The second-order valence-corrected chi connectivity index (χ2v) is 9.34. The van der Waals surface area contributed by atoms with Crippen molar-refractivity contribution in [1.82, 2.24) is 0 Å². The second-order valence-electron chi connectivity index (χ2n) is 7.70. The van der Waals surface area contributed by atoms with Gasteiger partial charge in [0.25, 0.3) is 5.91 Å². The highest BCUT2D eigenvalue weighted by atomic mass is 79.9. The highest BCUT2D eigenvalue weighted by molar-refractivity contribution is 9.10. The van der Waals surface area contributed by atoms with Crippen LogP contribution in [0.25, 0.3) is 0 Å². The van der Waals surface area contributed by atoms with Crippen molar-refractivity contribution in [2.75, 3.05) is 17.2 Å². The lowest BCUT2D eigenvalue weighted by molar-refractivity contribution is -0.147. The van der Waals surface area contributed by atoms with Gasteiger partial charge in [-0.05, 0) is 83.4 Å². The normalized spacial score (nSPS) is 10.4. The molecule has 0 spiro atoms. The van der Waals surface area contributed by atoms with Gasteiger partial charge in [-0.3, -0.25) is 14.4 Å². The van der Waals surface area contributed by atoms with Crippen molar-refractivity contribution < 1.29 is 23.9 Å². The van der Waals surface area contributed by atoms with E-state index in [0.29, 0.717) is 38.5 Å². The maximum atomic E-state index is 12.2. The Morgan fingerprint density at radius 3 is 2.33 bits per heavy atom. The van der Waals surface area contributed by atoms with Gasteiger partial charge in [0.05, 0.1) is 10.0 Å². The van der Waals surface area contributed by atoms with Crippen LogP contribution in [0.2, 0.25) is 10.0 Å². The van der Waals surface area contributed by atoms with Crippen molar-refractivity contribution in [3.05, 3.63) is 80.7 Å². The summed E-state index contributed by atoms with van der Waals surface area (Å²) in [5.41, 5.74) is 1.82. The minimum absolute atomic E-state index is 0.00839. The first kappa shape index (κ1) is 27.5. The maximum absolute atomic E-state index is 12.2. The van der Waals surface area contributed by atoms with Crippen molar-refractivity contribution in [2.24, 2.45) is 0 Å². The van der Waals surface area contributed by atoms with E-state index in [9.17, 15) is 14.4 Å². The number of benzene rings is 3. The molecule has 2 N–H and O–H groups in total. The Bertz CT molecular complexity index is 1250. The van der Waals surface area contributed by atoms with E-state index in [4.69, 9.17) is 32.7 Å². The fraction of sp³-hybridized carbons (Fsp3) is 0.192. The molecule has 0 bridgehead atoms. The highest BCUT2D eigenvalue weighted by Gasteiger charge is 2.12. The Labute approximate surface area is 227 Å². The molecule has 0 heterocycles. The van der Waals surface area contributed by atoms with Crippen LogP contribution in [0.4, 0.5) is 11.4 Å². The molecule has 0 aliphatic rings. The Morgan fingerprint density at radius 2 is 1.61 bits per heavy atom. The van der Waals surface area contributed by atoms with Crippen LogP contribution in [-0.2, 0) is 19.1 Å². The number of halogens is 3. The summed E-state index contributed by atoms with van der Waals surface area (Å²) in [5, 5.41) is 6.40. The molecule has 3 rings (SSSR count). The van der Waals surface area contributed by atoms with E-state index in [1.807, 2.05) is 12.1 Å². The number of ether oxygens (including phenoxy) is 2. The molecule has 0 radical (unpaired) electrons. The van der Waals surface area contributed by atoms with Gasteiger partial charge in [-0.1, -0.05) is 35.3 Å². The fourth-order valence-corrected chi connectivity index (χ4v) is 3.84. The third-order valence-electron chi connectivity index (χ3n) is 4.96. The van der Waals surface area contributed by atoms with Crippen molar-refractivity contribution in [1.29, 1.82) is 0 Å². The van der Waals surface area contributed by atoms with Gasteiger partial charge in [0.15, 0.2) is 6.61 Å². The molecule has 3 aromatic carbocycles. The topological polar surface area (TPSA) is 93.7 Å².